The molecular weight excluding hydrogens is 227 g/mol. The van der Waals surface area contributed by atoms with Gasteiger partial charge in [-0.15, -0.1) is 0 Å². The van der Waals surface area contributed by atoms with Crippen molar-refractivity contribution in [1.82, 2.24) is 5.32 Å². The summed E-state index contributed by atoms with van der Waals surface area (Å²) in [4.78, 5) is 10.9. The van der Waals surface area contributed by atoms with Crippen LogP contribution in [0.15, 0.2) is 0 Å². The number of esters is 1. The van der Waals surface area contributed by atoms with Gasteiger partial charge in [-0.1, -0.05) is 6.92 Å². The molecule has 96 valence electrons. The second-order valence-electron chi connectivity index (χ2n) is 3.30. The van der Waals surface area contributed by atoms with Gasteiger partial charge in [0.05, 0.1) is 19.6 Å². The van der Waals surface area contributed by atoms with Gasteiger partial charge in [0.15, 0.2) is 0 Å². The molecule has 0 aromatic carbocycles. The first-order chi connectivity index (χ1) is 7.37. The van der Waals surface area contributed by atoms with Crippen molar-refractivity contribution in [3.63, 3.8) is 0 Å². The number of alkyl halides is 3. The zero-order chi connectivity index (χ0) is 12.6. The minimum Gasteiger partial charge on any atom is -0.469 e. The molecular formula is C9H16F3NO3. The Labute approximate surface area is 92.1 Å². The molecule has 0 saturated heterocycles. The minimum absolute atomic E-state index is 0.0482. The van der Waals surface area contributed by atoms with E-state index < -0.39 is 12.8 Å². The zero-order valence-electron chi connectivity index (χ0n) is 9.26. The fourth-order valence-corrected chi connectivity index (χ4v) is 0.935. The molecule has 0 radical (unpaired) electrons. The van der Waals surface area contributed by atoms with Gasteiger partial charge >= 0.3 is 12.1 Å². The van der Waals surface area contributed by atoms with Crippen LogP contribution in [0.2, 0.25) is 0 Å². The van der Waals surface area contributed by atoms with Crippen molar-refractivity contribution < 1.29 is 27.4 Å². The van der Waals surface area contributed by atoms with E-state index in [0.717, 1.165) is 0 Å². The van der Waals surface area contributed by atoms with E-state index in [1.165, 1.54) is 7.11 Å². The number of hydrogen-bond donors (Lipinski definition) is 1. The van der Waals surface area contributed by atoms with E-state index >= 15 is 0 Å². The molecule has 1 unspecified atom stereocenters. The highest BCUT2D eigenvalue weighted by molar-refractivity contribution is 5.71. The van der Waals surface area contributed by atoms with Crippen molar-refractivity contribution in [3.05, 3.63) is 0 Å². The van der Waals surface area contributed by atoms with Crippen LogP contribution in [0.1, 0.15) is 6.92 Å². The molecule has 0 aliphatic heterocycles. The molecule has 0 heterocycles. The lowest BCUT2D eigenvalue weighted by molar-refractivity contribution is -0.173. The third-order valence-electron chi connectivity index (χ3n) is 1.74. The number of halogens is 3. The van der Waals surface area contributed by atoms with Gasteiger partial charge in [-0.2, -0.15) is 13.2 Å². The summed E-state index contributed by atoms with van der Waals surface area (Å²) in [5.41, 5.74) is 0. The summed E-state index contributed by atoms with van der Waals surface area (Å²) in [6, 6.07) is 0. The van der Waals surface area contributed by atoms with Gasteiger partial charge < -0.3 is 14.8 Å². The lowest BCUT2D eigenvalue weighted by Gasteiger charge is -2.11. The van der Waals surface area contributed by atoms with Gasteiger partial charge in [0.25, 0.3) is 0 Å². The predicted molar refractivity (Wildman–Crippen MR) is 50.9 cm³/mol. The standard InChI is InChI=1S/C9H16F3NO3/c1-7(8(14)15-2)5-13-3-4-16-6-9(10,11)12/h7,13H,3-6H2,1-2H3. The van der Waals surface area contributed by atoms with Crippen LogP contribution in [0.25, 0.3) is 0 Å². The summed E-state index contributed by atoms with van der Waals surface area (Å²) < 4.78 is 43.8. The van der Waals surface area contributed by atoms with Gasteiger partial charge in [-0.05, 0) is 0 Å². The van der Waals surface area contributed by atoms with Crippen molar-refractivity contribution in [1.29, 1.82) is 0 Å². The Balaban J connectivity index is 3.37. The highest BCUT2D eigenvalue weighted by Gasteiger charge is 2.27. The van der Waals surface area contributed by atoms with Crippen LogP contribution in [0, 0.1) is 5.92 Å². The molecule has 4 nitrogen and oxygen atoms in total. The summed E-state index contributed by atoms with van der Waals surface area (Å²) in [6.45, 7) is 0.976. The van der Waals surface area contributed by atoms with Crippen LogP contribution >= 0.6 is 0 Å². The lowest BCUT2D eigenvalue weighted by atomic mass is 10.2. The summed E-state index contributed by atoms with van der Waals surface area (Å²) in [6.07, 6.45) is -4.29. The molecule has 16 heavy (non-hydrogen) atoms. The maximum Gasteiger partial charge on any atom is 0.411 e. The molecule has 1 atom stereocenters. The van der Waals surface area contributed by atoms with Gasteiger partial charge in [-0.3, -0.25) is 4.79 Å². The molecule has 1 N–H and O–H groups in total. The Morgan fingerprint density at radius 2 is 2.06 bits per heavy atom. The van der Waals surface area contributed by atoms with Crippen LogP contribution < -0.4 is 5.32 Å². The van der Waals surface area contributed by atoms with Gasteiger partial charge in [0.1, 0.15) is 6.61 Å². The maximum absolute atomic E-state index is 11.6. The van der Waals surface area contributed by atoms with Crippen molar-refractivity contribution in [2.24, 2.45) is 5.92 Å². The van der Waals surface area contributed by atoms with Crippen LogP contribution in [0.3, 0.4) is 0 Å². The van der Waals surface area contributed by atoms with Gasteiger partial charge in [0.2, 0.25) is 0 Å². The van der Waals surface area contributed by atoms with Crippen molar-refractivity contribution >= 4 is 5.97 Å². The van der Waals surface area contributed by atoms with E-state index in [0.29, 0.717) is 6.54 Å². The van der Waals surface area contributed by atoms with Gasteiger partial charge in [-0.25, -0.2) is 0 Å². The van der Waals surface area contributed by atoms with Crippen LogP contribution in [-0.2, 0) is 14.3 Å². The molecule has 0 amide bonds. The lowest BCUT2D eigenvalue weighted by Crippen LogP contribution is -2.30. The number of methoxy groups -OCH3 is 1. The molecule has 7 heteroatoms. The Bertz CT molecular complexity index is 209. The first-order valence-corrected chi connectivity index (χ1v) is 4.80. The van der Waals surface area contributed by atoms with E-state index in [1.807, 2.05) is 0 Å². The third-order valence-corrected chi connectivity index (χ3v) is 1.74. The third kappa shape index (κ3) is 8.49. The number of carbonyl (C=O) groups excluding carboxylic acids is 1. The molecule has 0 rings (SSSR count). The smallest absolute Gasteiger partial charge is 0.411 e. The topological polar surface area (TPSA) is 47.6 Å². The first-order valence-electron chi connectivity index (χ1n) is 4.80. The number of hydrogen-bond acceptors (Lipinski definition) is 4. The fraction of sp³-hybridized carbons (Fsp3) is 0.889. The summed E-state index contributed by atoms with van der Waals surface area (Å²) in [7, 11) is 1.28. The molecule has 0 aliphatic rings. The van der Waals surface area contributed by atoms with Crippen LogP contribution in [0.5, 0.6) is 0 Å². The molecule has 0 spiro atoms. The van der Waals surface area contributed by atoms with E-state index in [2.05, 4.69) is 14.8 Å². The molecule has 0 fully saturated rings. The normalized spacial score (nSPS) is 13.6. The highest BCUT2D eigenvalue weighted by atomic mass is 19.4. The molecule has 0 bridgehead atoms. The average molecular weight is 243 g/mol. The highest BCUT2D eigenvalue weighted by Crippen LogP contribution is 2.13. The quantitative estimate of drug-likeness (QED) is 0.534. The number of nitrogens with one attached hydrogen (secondary N) is 1. The zero-order valence-corrected chi connectivity index (χ0v) is 9.26. The molecule has 0 aromatic heterocycles. The van der Waals surface area contributed by atoms with Crippen molar-refractivity contribution in [3.8, 4) is 0 Å². The summed E-state index contributed by atoms with van der Waals surface area (Å²) in [5, 5.41) is 2.79. The second-order valence-corrected chi connectivity index (χ2v) is 3.30. The number of ether oxygens (including phenoxy) is 2. The van der Waals surface area contributed by atoms with Crippen LogP contribution in [0.4, 0.5) is 13.2 Å². The van der Waals surface area contributed by atoms with E-state index in [1.54, 1.807) is 6.92 Å². The molecule has 0 saturated carbocycles. The molecule has 0 aliphatic carbocycles. The Morgan fingerprint density at radius 1 is 1.44 bits per heavy atom. The second kappa shape index (κ2) is 7.45. The predicted octanol–water partition coefficient (Wildman–Crippen LogP) is 0.964. The SMILES string of the molecule is COC(=O)C(C)CNCCOCC(F)(F)F. The van der Waals surface area contributed by atoms with Crippen molar-refractivity contribution in [2.45, 2.75) is 13.1 Å². The monoisotopic (exact) mass is 243 g/mol. The number of rotatable bonds is 7. The van der Waals surface area contributed by atoms with E-state index in [-0.39, 0.29) is 25.0 Å². The van der Waals surface area contributed by atoms with Gasteiger partial charge in [0, 0.05) is 13.1 Å². The Hall–Kier alpha value is -0.820. The summed E-state index contributed by atoms with van der Waals surface area (Å²) >= 11 is 0. The average Bonchev–Trinajstić information content (AvgIpc) is 2.20. The fourth-order valence-electron chi connectivity index (χ4n) is 0.935. The van der Waals surface area contributed by atoms with Crippen molar-refractivity contribution in [2.75, 3.05) is 33.4 Å². The van der Waals surface area contributed by atoms with E-state index in [4.69, 9.17) is 0 Å². The number of carbonyl (C=O) groups is 1. The Morgan fingerprint density at radius 3 is 2.56 bits per heavy atom. The Kier molecular flexibility index (Phi) is 7.07. The molecule has 0 aromatic rings. The van der Waals surface area contributed by atoms with E-state index in [9.17, 15) is 18.0 Å². The minimum atomic E-state index is -4.29. The summed E-state index contributed by atoms with van der Waals surface area (Å²) in [5.74, 6) is -0.684. The maximum atomic E-state index is 11.6. The largest absolute Gasteiger partial charge is 0.469 e. The first kappa shape index (κ1) is 15.2. The van der Waals surface area contributed by atoms with Crippen LogP contribution in [-0.4, -0.2) is 45.6 Å².